The van der Waals surface area contributed by atoms with E-state index in [-0.39, 0.29) is 12.2 Å². The van der Waals surface area contributed by atoms with Crippen molar-refractivity contribution in [3.05, 3.63) is 0 Å². The van der Waals surface area contributed by atoms with Crippen LogP contribution in [0.2, 0.25) is 0 Å². The molecule has 0 bridgehead atoms. The van der Waals surface area contributed by atoms with Crippen LogP contribution in [-0.2, 0) is 23.9 Å². The third-order valence-electron chi connectivity index (χ3n) is 2.17. The molecular weight excluding hydrogens is 200 g/mol. The first-order chi connectivity index (χ1) is 6.93. The van der Waals surface area contributed by atoms with E-state index in [1.165, 1.54) is 21.1 Å². The van der Waals surface area contributed by atoms with Crippen molar-refractivity contribution < 1.29 is 23.9 Å². The number of carbonyl (C=O) groups is 3. The van der Waals surface area contributed by atoms with Crippen molar-refractivity contribution in [1.29, 1.82) is 0 Å². The van der Waals surface area contributed by atoms with E-state index in [1.54, 1.807) is 6.92 Å². The molecule has 0 heterocycles. The van der Waals surface area contributed by atoms with Gasteiger partial charge in [-0.2, -0.15) is 0 Å². The van der Waals surface area contributed by atoms with Gasteiger partial charge in [0, 0.05) is 0 Å². The number of ether oxygens (including phenoxy) is 2. The Hall–Kier alpha value is -1.39. The molecule has 0 aliphatic carbocycles. The van der Waals surface area contributed by atoms with Gasteiger partial charge >= 0.3 is 11.9 Å². The molecule has 0 saturated heterocycles. The second kappa shape index (κ2) is 6.16. The van der Waals surface area contributed by atoms with E-state index < -0.39 is 23.8 Å². The van der Waals surface area contributed by atoms with Gasteiger partial charge in [0.1, 0.15) is 11.7 Å². The number of Topliss-reactive ketones (excluding diaryl/α,β-unsaturated/α-hetero) is 1. The molecule has 15 heavy (non-hydrogen) atoms. The molecule has 0 fully saturated rings. The van der Waals surface area contributed by atoms with Gasteiger partial charge in [-0.05, 0) is 13.3 Å². The molecule has 1 unspecified atom stereocenters. The molecule has 0 aliphatic rings. The van der Waals surface area contributed by atoms with Gasteiger partial charge in [0.15, 0.2) is 0 Å². The summed E-state index contributed by atoms with van der Waals surface area (Å²) in [6, 6.07) is 0. The summed E-state index contributed by atoms with van der Waals surface area (Å²) in [6.07, 6.45) is 0.120. The second-order valence-electron chi connectivity index (χ2n) is 3.35. The quantitative estimate of drug-likeness (QED) is 0.496. The number of ketones is 1. The summed E-state index contributed by atoms with van der Waals surface area (Å²) < 4.78 is 8.98. The molecule has 0 amide bonds. The summed E-state index contributed by atoms with van der Waals surface area (Å²) in [4.78, 5) is 33.4. The van der Waals surface area contributed by atoms with Crippen molar-refractivity contribution in [3.8, 4) is 0 Å². The summed E-state index contributed by atoms with van der Waals surface area (Å²) in [5.74, 6) is -2.74. The van der Waals surface area contributed by atoms with Crippen LogP contribution in [0.5, 0.6) is 0 Å². The van der Waals surface area contributed by atoms with Gasteiger partial charge in [0.25, 0.3) is 0 Å². The highest BCUT2D eigenvalue weighted by atomic mass is 16.5. The monoisotopic (exact) mass is 216 g/mol. The molecule has 86 valence electrons. The maximum Gasteiger partial charge on any atom is 0.316 e. The smallest absolute Gasteiger partial charge is 0.316 e. The van der Waals surface area contributed by atoms with E-state index >= 15 is 0 Å². The van der Waals surface area contributed by atoms with Crippen LogP contribution in [0.4, 0.5) is 0 Å². The van der Waals surface area contributed by atoms with Crippen LogP contribution in [-0.4, -0.2) is 31.9 Å². The zero-order valence-electron chi connectivity index (χ0n) is 9.40. The summed E-state index contributed by atoms with van der Waals surface area (Å²) >= 11 is 0. The summed E-state index contributed by atoms with van der Waals surface area (Å²) in [5.41, 5.74) is 0. The molecule has 0 saturated carbocycles. The van der Waals surface area contributed by atoms with Crippen LogP contribution in [0.1, 0.15) is 20.3 Å². The first kappa shape index (κ1) is 13.6. The van der Waals surface area contributed by atoms with Crippen LogP contribution in [0.3, 0.4) is 0 Å². The standard InChI is InChI=1S/C10H16O5/c1-6(9(12)14-3)5-8(7(2)11)10(13)15-4/h6,8H,5H2,1-4H3/t6-,8?/m0/s1. The van der Waals surface area contributed by atoms with Crippen LogP contribution < -0.4 is 0 Å². The third-order valence-corrected chi connectivity index (χ3v) is 2.17. The molecule has 5 nitrogen and oxygen atoms in total. The molecule has 0 rings (SSSR count). The number of esters is 2. The van der Waals surface area contributed by atoms with E-state index in [4.69, 9.17) is 0 Å². The van der Waals surface area contributed by atoms with Gasteiger partial charge < -0.3 is 9.47 Å². The Kier molecular flexibility index (Phi) is 5.59. The number of hydrogen-bond donors (Lipinski definition) is 0. The summed E-state index contributed by atoms with van der Waals surface area (Å²) in [6.45, 7) is 2.90. The first-order valence-electron chi connectivity index (χ1n) is 4.60. The van der Waals surface area contributed by atoms with Gasteiger partial charge in [-0.3, -0.25) is 14.4 Å². The van der Waals surface area contributed by atoms with Gasteiger partial charge in [-0.1, -0.05) is 6.92 Å². The van der Waals surface area contributed by atoms with Crippen molar-refractivity contribution in [2.75, 3.05) is 14.2 Å². The van der Waals surface area contributed by atoms with Gasteiger partial charge in [-0.15, -0.1) is 0 Å². The molecular formula is C10H16O5. The average molecular weight is 216 g/mol. The van der Waals surface area contributed by atoms with Crippen LogP contribution in [0.25, 0.3) is 0 Å². The minimum Gasteiger partial charge on any atom is -0.469 e. The van der Waals surface area contributed by atoms with E-state index in [9.17, 15) is 14.4 Å². The molecule has 0 spiro atoms. The van der Waals surface area contributed by atoms with E-state index in [0.717, 1.165) is 0 Å². The lowest BCUT2D eigenvalue weighted by atomic mass is 9.93. The number of carbonyl (C=O) groups excluding carboxylic acids is 3. The average Bonchev–Trinajstić information content (AvgIpc) is 2.22. The van der Waals surface area contributed by atoms with Crippen molar-refractivity contribution in [1.82, 2.24) is 0 Å². The van der Waals surface area contributed by atoms with E-state index in [2.05, 4.69) is 9.47 Å². The Balaban J connectivity index is 4.48. The topological polar surface area (TPSA) is 69.7 Å². The summed E-state index contributed by atoms with van der Waals surface area (Å²) in [5, 5.41) is 0. The minimum atomic E-state index is -0.885. The molecule has 0 radical (unpaired) electrons. The lowest BCUT2D eigenvalue weighted by Gasteiger charge is -2.14. The second-order valence-corrected chi connectivity index (χ2v) is 3.35. The third kappa shape index (κ3) is 4.10. The highest BCUT2D eigenvalue weighted by molar-refractivity contribution is 5.98. The van der Waals surface area contributed by atoms with Gasteiger partial charge in [0.2, 0.25) is 0 Å². The van der Waals surface area contributed by atoms with Gasteiger partial charge in [-0.25, -0.2) is 0 Å². The van der Waals surface area contributed by atoms with Crippen molar-refractivity contribution in [3.63, 3.8) is 0 Å². The predicted molar refractivity (Wildman–Crippen MR) is 52.0 cm³/mol. The maximum absolute atomic E-state index is 11.2. The summed E-state index contributed by atoms with van der Waals surface area (Å²) in [7, 11) is 2.47. The molecule has 0 N–H and O–H groups in total. The lowest BCUT2D eigenvalue weighted by molar-refractivity contribution is -0.151. The fourth-order valence-electron chi connectivity index (χ4n) is 1.22. The zero-order chi connectivity index (χ0) is 12.0. The fraction of sp³-hybridized carbons (Fsp3) is 0.700. The number of methoxy groups -OCH3 is 2. The van der Waals surface area contributed by atoms with E-state index in [1.807, 2.05) is 0 Å². The number of rotatable bonds is 5. The Morgan fingerprint density at radius 1 is 1.07 bits per heavy atom. The lowest BCUT2D eigenvalue weighted by Crippen LogP contribution is -2.28. The maximum atomic E-state index is 11.2. The molecule has 0 aliphatic heterocycles. The van der Waals surface area contributed by atoms with Crippen molar-refractivity contribution in [2.24, 2.45) is 11.8 Å². The molecule has 0 aromatic rings. The van der Waals surface area contributed by atoms with Crippen LogP contribution in [0.15, 0.2) is 0 Å². The largest absolute Gasteiger partial charge is 0.469 e. The SMILES string of the molecule is COC(=O)C(C[C@H](C)C(=O)OC)C(C)=O. The zero-order valence-corrected chi connectivity index (χ0v) is 9.40. The Bertz CT molecular complexity index is 259. The molecule has 0 aromatic carbocycles. The highest BCUT2D eigenvalue weighted by Crippen LogP contribution is 2.16. The normalized spacial score (nSPS) is 13.9. The molecule has 2 atom stereocenters. The van der Waals surface area contributed by atoms with Crippen molar-refractivity contribution in [2.45, 2.75) is 20.3 Å². The van der Waals surface area contributed by atoms with Crippen LogP contribution >= 0.6 is 0 Å². The molecule has 5 heteroatoms. The van der Waals surface area contributed by atoms with E-state index in [0.29, 0.717) is 0 Å². The Morgan fingerprint density at radius 3 is 1.87 bits per heavy atom. The number of hydrogen-bond acceptors (Lipinski definition) is 5. The Morgan fingerprint density at radius 2 is 1.53 bits per heavy atom. The first-order valence-corrected chi connectivity index (χ1v) is 4.60. The predicted octanol–water partition coefficient (Wildman–Crippen LogP) is 0.564. The fourth-order valence-corrected chi connectivity index (χ4v) is 1.22. The van der Waals surface area contributed by atoms with Crippen molar-refractivity contribution >= 4 is 17.7 Å². The highest BCUT2D eigenvalue weighted by Gasteiger charge is 2.29. The van der Waals surface area contributed by atoms with Crippen LogP contribution in [0, 0.1) is 11.8 Å². The van der Waals surface area contributed by atoms with Gasteiger partial charge in [0.05, 0.1) is 20.1 Å². The molecule has 0 aromatic heterocycles. The minimum absolute atomic E-state index is 0.120. The Labute approximate surface area is 88.7 Å².